The van der Waals surface area contributed by atoms with E-state index < -0.39 is 12.1 Å². The van der Waals surface area contributed by atoms with E-state index in [-0.39, 0.29) is 11.5 Å². The van der Waals surface area contributed by atoms with Crippen molar-refractivity contribution in [3.05, 3.63) is 59.1 Å². The second kappa shape index (κ2) is 7.69. The third kappa shape index (κ3) is 4.50. The number of ether oxygens (including phenoxy) is 1. The van der Waals surface area contributed by atoms with E-state index in [0.29, 0.717) is 17.2 Å². The molecule has 2 aromatic rings. The number of benzene rings is 1. The van der Waals surface area contributed by atoms with Gasteiger partial charge in [-0.2, -0.15) is 0 Å². The Bertz CT molecular complexity index is 707. The molecule has 1 atom stereocenters. The van der Waals surface area contributed by atoms with E-state index in [2.05, 4.69) is 16.9 Å². The van der Waals surface area contributed by atoms with Crippen molar-refractivity contribution in [3.8, 4) is 0 Å². The van der Waals surface area contributed by atoms with Crippen LogP contribution in [-0.4, -0.2) is 29.4 Å². The molecule has 1 heterocycles. The van der Waals surface area contributed by atoms with Crippen molar-refractivity contribution in [3.63, 3.8) is 0 Å². The van der Waals surface area contributed by atoms with Crippen LogP contribution in [0.3, 0.4) is 0 Å². The van der Waals surface area contributed by atoms with Crippen LogP contribution in [-0.2, 0) is 4.74 Å². The molecule has 0 spiro atoms. The first-order valence-corrected chi connectivity index (χ1v) is 8.01. The smallest absolute Gasteiger partial charge is 0.358 e. The number of aryl methyl sites for hydroxylation is 1. The van der Waals surface area contributed by atoms with Gasteiger partial charge in [-0.05, 0) is 13.8 Å². The van der Waals surface area contributed by atoms with Gasteiger partial charge in [-0.1, -0.05) is 35.9 Å². The minimum atomic E-state index is -0.864. The molecule has 120 valence electrons. The van der Waals surface area contributed by atoms with E-state index in [1.165, 1.54) is 11.3 Å². The molecule has 0 aliphatic heterocycles. The Balaban J connectivity index is 1.98. The summed E-state index contributed by atoms with van der Waals surface area (Å²) in [7, 11) is 0. The summed E-state index contributed by atoms with van der Waals surface area (Å²) in [5.41, 5.74) is 1.76. The molecular weight excluding hydrogens is 312 g/mol. The van der Waals surface area contributed by atoms with Gasteiger partial charge in [0.05, 0.1) is 0 Å². The highest BCUT2D eigenvalue weighted by molar-refractivity contribution is 7.13. The molecule has 1 aromatic carbocycles. The number of carbonyl (C=O) groups is 2. The van der Waals surface area contributed by atoms with Crippen LogP contribution in [0.25, 0.3) is 0 Å². The number of carbonyl (C=O) groups excluding carboxylic acids is 2. The average Bonchev–Trinajstić information content (AvgIpc) is 3.02. The van der Waals surface area contributed by atoms with Gasteiger partial charge < -0.3 is 10.1 Å². The molecule has 0 aliphatic rings. The average molecular weight is 330 g/mol. The fourth-order valence-electron chi connectivity index (χ4n) is 1.84. The molecule has 1 aromatic heterocycles. The van der Waals surface area contributed by atoms with Crippen molar-refractivity contribution in [1.29, 1.82) is 0 Å². The zero-order valence-corrected chi connectivity index (χ0v) is 13.9. The number of esters is 1. The normalized spacial score (nSPS) is 11.6. The van der Waals surface area contributed by atoms with Gasteiger partial charge in [0.2, 0.25) is 5.78 Å². The van der Waals surface area contributed by atoms with Gasteiger partial charge >= 0.3 is 5.97 Å². The van der Waals surface area contributed by atoms with Crippen LogP contribution in [0.2, 0.25) is 0 Å². The molecule has 5 nitrogen and oxygen atoms in total. The summed E-state index contributed by atoms with van der Waals surface area (Å²) in [5.74, 6) is -0.848. The van der Waals surface area contributed by atoms with Crippen molar-refractivity contribution in [1.82, 2.24) is 4.98 Å². The quantitative estimate of drug-likeness (QED) is 0.478. The lowest BCUT2D eigenvalue weighted by Gasteiger charge is -2.11. The van der Waals surface area contributed by atoms with Crippen molar-refractivity contribution < 1.29 is 14.3 Å². The number of aromatic nitrogens is 1. The maximum Gasteiger partial charge on any atom is 0.358 e. The summed E-state index contributed by atoms with van der Waals surface area (Å²) in [6, 6.07) is 7.14. The molecule has 0 amide bonds. The molecule has 1 N–H and O–H groups in total. The molecule has 0 unspecified atom stereocenters. The van der Waals surface area contributed by atoms with Gasteiger partial charge in [0.25, 0.3) is 0 Å². The number of anilines is 1. The lowest BCUT2D eigenvalue weighted by molar-refractivity contribution is 0.0314. The lowest BCUT2D eigenvalue weighted by atomic mass is 10.1. The Hall–Kier alpha value is -2.47. The summed E-state index contributed by atoms with van der Waals surface area (Å²) in [6.07, 6.45) is 0.832. The van der Waals surface area contributed by atoms with Gasteiger partial charge in [0.15, 0.2) is 16.9 Å². The highest BCUT2D eigenvalue weighted by atomic mass is 32.1. The monoisotopic (exact) mass is 330 g/mol. The standard InChI is InChI=1S/C17H18N2O3S/c1-4-9-18-17-19-14(10-23-17)16(21)22-12(3)15(20)13-7-5-11(2)6-8-13/h4-8,10,12H,1,9H2,2-3H3,(H,18,19)/t12-/m1/s1. The molecule has 0 saturated heterocycles. The topological polar surface area (TPSA) is 68.3 Å². The van der Waals surface area contributed by atoms with Crippen LogP contribution in [0.1, 0.15) is 33.3 Å². The molecule has 0 radical (unpaired) electrons. The molecule has 23 heavy (non-hydrogen) atoms. The third-order valence-electron chi connectivity index (χ3n) is 3.10. The third-order valence-corrected chi connectivity index (χ3v) is 3.90. The Labute approximate surface area is 139 Å². The first kappa shape index (κ1) is 16.9. The Morgan fingerprint density at radius 3 is 2.74 bits per heavy atom. The summed E-state index contributed by atoms with van der Waals surface area (Å²) >= 11 is 1.30. The summed E-state index contributed by atoms with van der Waals surface area (Å²) in [5, 5.41) is 5.19. The second-order valence-corrected chi connectivity index (χ2v) is 5.84. The molecule has 6 heteroatoms. The maximum atomic E-state index is 12.3. The number of nitrogens with one attached hydrogen (secondary N) is 1. The number of nitrogens with zero attached hydrogens (tertiary/aromatic N) is 1. The van der Waals surface area contributed by atoms with Crippen molar-refractivity contribution in [2.75, 3.05) is 11.9 Å². The van der Waals surface area contributed by atoms with Crippen molar-refractivity contribution in [2.45, 2.75) is 20.0 Å². The van der Waals surface area contributed by atoms with Crippen LogP contribution in [0.4, 0.5) is 5.13 Å². The molecule has 0 bridgehead atoms. The van der Waals surface area contributed by atoms with E-state index in [1.807, 2.05) is 19.1 Å². The Morgan fingerprint density at radius 2 is 2.09 bits per heavy atom. The molecule has 0 fully saturated rings. The molecule has 2 rings (SSSR count). The predicted octanol–water partition coefficient (Wildman–Crippen LogP) is 3.48. The minimum Gasteiger partial charge on any atom is -0.450 e. The fourth-order valence-corrected chi connectivity index (χ4v) is 2.53. The molecule has 0 aliphatic carbocycles. The van der Waals surface area contributed by atoms with E-state index in [1.54, 1.807) is 30.5 Å². The number of thiazole rings is 1. The van der Waals surface area contributed by atoms with Crippen LogP contribution in [0.5, 0.6) is 0 Å². The van der Waals surface area contributed by atoms with Crippen LogP contribution < -0.4 is 5.32 Å². The molecule has 0 saturated carbocycles. The zero-order valence-electron chi connectivity index (χ0n) is 13.0. The first-order chi connectivity index (χ1) is 11.0. The van der Waals surface area contributed by atoms with Crippen LogP contribution >= 0.6 is 11.3 Å². The van der Waals surface area contributed by atoms with E-state index in [0.717, 1.165) is 5.56 Å². The Morgan fingerprint density at radius 1 is 1.39 bits per heavy atom. The number of rotatable bonds is 7. The maximum absolute atomic E-state index is 12.3. The SMILES string of the molecule is C=CCNc1nc(C(=O)O[C@H](C)C(=O)c2ccc(C)cc2)cs1. The number of Topliss-reactive ketones (excluding diaryl/α,β-unsaturated/α-hetero) is 1. The van der Waals surface area contributed by atoms with Crippen LogP contribution in [0.15, 0.2) is 42.3 Å². The van der Waals surface area contributed by atoms with Gasteiger partial charge in [0, 0.05) is 17.5 Å². The second-order valence-electron chi connectivity index (χ2n) is 4.99. The van der Waals surface area contributed by atoms with Crippen molar-refractivity contribution >= 4 is 28.2 Å². The molecular formula is C17H18N2O3S. The summed E-state index contributed by atoms with van der Waals surface area (Å²) < 4.78 is 5.21. The number of hydrogen-bond donors (Lipinski definition) is 1. The highest BCUT2D eigenvalue weighted by Crippen LogP contribution is 2.17. The number of hydrogen-bond acceptors (Lipinski definition) is 6. The zero-order chi connectivity index (χ0) is 16.8. The van der Waals surface area contributed by atoms with E-state index >= 15 is 0 Å². The van der Waals surface area contributed by atoms with Gasteiger partial charge in [-0.3, -0.25) is 4.79 Å². The highest BCUT2D eigenvalue weighted by Gasteiger charge is 2.21. The van der Waals surface area contributed by atoms with E-state index in [9.17, 15) is 9.59 Å². The van der Waals surface area contributed by atoms with Gasteiger partial charge in [-0.25, -0.2) is 9.78 Å². The van der Waals surface area contributed by atoms with E-state index in [4.69, 9.17) is 4.74 Å². The summed E-state index contributed by atoms with van der Waals surface area (Å²) in [6.45, 7) is 7.66. The fraction of sp³-hybridized carbons (Fsp3) is 0.235. The summed E-state index contributed by atoms with van der Waals surface area (Å²) in [4.78, 5) is 28.4. The largest absolute Gasteiger partial charge is 0.450 e. The first-order valence-electron chi connectivity index (χ1n) is 7.13. The van der Waals surface area contributed by atoms with Gasteiger partial charge in [-0.15, -0.1) is 17.9 Å². The minimum absolute atomic E-state index is 0.185. The number of ketones is 1. The van der Waals surface area contributed by atoms with Gasteiger partial charge in [0.1, 0.15) is 0 Å². The predicted molar refractivity (Wildman–Crippen MR) is 91.2 cm³/mol. The van der Waals surface area contributed by atoms with Crippen LogP contribution in [0, 0.1) is 6.92 Å². The Kier molecular flexibility index (Phi) is 5.65. The lowest BCUT2D eigenvalue weighted by Crippen LogP contribution is -2.24. The van der Waals surface area contributed by atoms with Crippen molar-refractivity contribution in [2.24, 2.45) is 0 Å².